The molecule has 6 heteroatoms. The Balaban J connectivity index is 1.71. The summed E-state index contributed by atoms with van der Waals surface area (Å²) >= 11 is 0.969. The lowest BCUT2D eigenvalue weighted by molar-refractivity contribution is 0.102. The Morgan fingerprint density at radius 2 is 1.83 bits per heavy atom. The molecule has 1 aliphatic heterocycles. The summed E-state index contributed by atoms with van der Waals surface area (Å²) in [5.74, 6) is -0.0905. The molecule has 0 fully saturated rings. The lowest BCUT2D eigenvalue weighted by Crippen LogP contribution is -2.04. The predicted molar refractivity (Wildman–Crippen MR) is 83.5 cm³/mol. The number of hydrogen-bond acceptors (Lipinski definition) is 4. The zero-order valence-electron chi connectivity index (χ0n) is 12.2. The van der Waals surface area contributed by atoms with Crippen LogP contribution in [0.15, 0.2) is 41.3 Å². The third kappa shape index (κ3) is 3.82. The number of ether oxygens (including phenoxy) is 2. The van der Waals surface area contributed by atoms with E-state index >= 15 is 0 Å². The maximum Gasteiger partial charge on any atom is 0.173 e. The first-order chi connectivity index (χ1) is 11.1. The highest BCUT2D eigenvalue weighted by Crippen LogP contribution is 2.31. The van der Waals surface area contributed by atoms with E-state index in [1.165, 1.54) is 0 Å². The molecule has 2 aromatic rings. The summed E-state index contributed by atoms with van der Waals surface area (Å²) in [4.78, 5) is 12.4. The van der Waals surface area contributed by atoms with Crippen molar-refractivity contribution in [3.8, 4) is 11.5 Å². The van der Waals surface area contributed by atoms with Crippen LogP contribution in [-0.2, 0) is 0 Å². The van der Waals surface area contributed by atoms with E-state index in [-0.39, 0.29) is 16.4 Å². The fourth-order valence-corrected chi connectivity index (χ4v) is 3.01. The summed E-state index contributed by atoms with van der Waals surface area (Å²) in [6.45, 7) is 1.11. The number of rotatable bonds is 4. The van der Waals surface area contributed by atoms with E-state index in [0.717, 1.165) is 36.4 Å². The van der Waals surface area contributed by atoms with Gasteiger partial charge in [-0.3, -0.25) is 4.79 Å². The van der Waals surface area contributed by atoms with Gasteiger partial charge in [0.25, 0.3) is 0 Å². The number of ketones is 1. The molecule has 3 rings (SSSR count). The summed E-state index contributed by atoms with van der Waals surface area (Å²) in [5, 5.41) is 0. The van der Waals surface area contributed by atoms with Gasteiger partial charge in [0.2, 0.25) is 0 Å². The zero-order valence-corrected chi connectivity index (χ0v) is 13.0. The smallest absolute Gasteiger partial charge is 0.173 e. The van der Waals surface area contributed by atoms with Gasteiger partial charge in [0, 0.05) is 16.9 Å². The van der Waals surface area contributed by atoms with Gasteiger partial charge in [0.1, 0.15) is 11.6 Å². The molecular weight excluding hydrogens is 322 g/mol. The molecule has 0 spiro atoms. The highest BCUT2D eigenvalue weighted by Gasteiger charge is 2.15. The minimum atomic E-state index is -0.539. The quantitative estimate of drug-likeness (QED) is 0.622. The average molecular weight is 336 g/mol. The van der Waals surface area contributed by atoms with Gasteiger partial charge in [-0.05, 0) is 36.4 Å². The number of halogens is 2. The first-order valence-electron chi connectivity index (χ1n) is 7.14. The van der Waals surface area contributed by atoms with Gasteiger partial charge < -0.3 is 9.47 Å². The normalized spacial score (nSPS) is 13.5. The summed E-state index contributed by atoms with van der Waals surface area (Å²) in [6, 6.07) is 8.16. The van der Waals surface area contributed by atoms with Gasteiger partial charge >= 0.3 is 0 Å². The minimum absolute atomic E-state index is 0.0139. The van der Waals surface area contributed by atoms with Gasteiger partial charge in [-0.1, -0.05) is 0 Å². The molecule has 0 amide bonds. The molecule has 2 aromatic carbocycles. The van der Waals surface area contributed by atoms with Crippen molar-refractivity contribution >= 4 is 17.5 Å². The molecule has 0 saturated heterocycles. The van der Waals surface area contributed by atoms with Crippen molar-refractivity contribution in [2.75, 3.05) is 19.0 Å². The van der Waals surface area contributed by atoms with Crippen LogP contribution in [0.5, 0.6) is 11.5 Å². The van der Waals surface area contributed by atoms with Crippen molar-refractivity contribution in [2.45, 2.75) is 11.3 Å². The summed E-state index contributed by atoms with van der Waals surface area (Å²) in [5.41, 5.74) is 0.457. The molecule has 3 nitrogen and oxygen atoms in total. The van der Waals surface area contributed by atoms with Crippen LogP contribution in [0.4, 0.5) is 8.78 Å². The average Bonchev–Trinajstić information content (AvgIpc) is 2.80. The van der Waals surface area contributed by atoms with Gasteiger partial charge in [-0.15, -0.1) is 11.8 Å². The fourth-order valence-electron chi connectivity index (χ4n) is 2.15. The van der Waals surface area contributed by atoms with Crippen molar-refractivity contribution in [3.63, 3.8) is 0 Å². The molecule has 23 heavy (non-hydrogen) atoms. The minimum Gasteiger partial charge on any atom is -0.490 e. The number of hydrogen-bond donors (Lipinski definition) is 0. The maximum atomic E-state index is 13.6. The monoisotopic (exact) mass is 336 g/mol. The summed E-state index contributed by atoms with van der Waals surface area (Å²) < 4.78 is 37.7. The highest BCUT2D eigenvalue weighted by atomic mass is 32.2. The van der Waals surface area contributed by atoms with E-state index in [1.54, 1.807) is 18.2 Å². The Hall–Kier alpha value is -2.08. The van der Waals surface area contributed by atoms with Crippen molar-refractivity contribution < 1.29 is 23.0 Å². The van der Waals surface area contributed by atoms with Crippen LogP contribution in [0, 0.1) is 11.6 Å². The Kier molecular flexibility index (Phi) is 4.81. The zero-order chi connectivity index (χ0) is 16.2. The first kappa shape index (κ1) is 15.8. The number of carbonyl (C=O) groups excluding carboxylic acids is 1. The van der Waals surface area contributed by atoms with Gasteiger partial charge in [-0.25, -0.2) is 8.78 Å². The van der Waals surface area contributed by atoms with Crippen molar-refractivity contribution in [3.05, 3.63) is 53.6 Å². The van der Waals surface area contributed by atoms with Gasteiger partial charge in [0.05, 0.1) is 19.0 Å². The van der Waals surface area contributed by atoms with Crippen LogP contribution in [0.2, 0.25) is 0 Å². The molecule has 0 N–H and O–H groups in total. The molecule has 1 aliphatic rings. The molecule has 0 atom stereocenters. The number of thioether (sulfide) groups is 1. The lowest BCUT2D eigenvalue weighted by atomic mass is 10.1. The van der Waals surface area contributed by atoms with Gasteiger partial charge in [0.15, 0.2) is 17.3 Å². The van der Waals surface area contributed by atoms with Crippen LogP contribution >= 0.6 is 11.8 Å². The van der Waals surface area contributed by atoms with Crippen LogP contribution in [-0.4, -0.2) is 24.7 Å². The van der Waals surface area contributed by atoms with Crippen LogP contribution in [0.1, 0.15) is 16.8 Å². The first-order valence-corrected chi connectivity index (χ1v) is 8.13. The number of benzene rings is 2. The second-order valence-electron chi connectivity index (χ2n) is 5.00. The molecule has 0 aromatic heterocycles. The molecule has 120 valence electrons. The van der Waals surface area contributed by atoms with E-state index in [9.17, 15) is 13.6 Å². The Labute approximate surface area is 136 Å². The second kappa shape index (κ2) is 7.00. The van der Waals surface area contributed by atoms with Crippen LogP contribution in [0.3, 0.4) is 0 Å². The third-order valence-electron chi connectivity index (χ3n) is 3.32. The van der Waals surface area contributed by atoms with Gasteiger partial charge in [-0.2, -0.15) is 0 Å². The molecule has 0 radical (unpaired) electrons. The molecule has 1 heterocycles. The van der Waals surface area contributed by atoms with E-state index < -0.39 is 11.6 Å². The lowest BCUT2D eigenvalue weighted by Gasteiger charge is -2.09. The third-order valence-corrected chi connectivity index (χ3v) is 4.35. The molecule has 0 aliphatic carbocycles. The maximum absolute atomic E-state index is 13.6. The summed E-state index contributed by atoms with van der Waals surface area (Å²) in [7, 11) is 0. The largest absolute Gasteiger partial charge is 0.490 e. The van der Waals surface area contributed by atoms with Crippen molar-refractivity contribution in [2.24, 2.45) is 0 Å². The van der Waals surface area contributed by atoms with Crippen molar-refractivity contribution in [1.82, 2.24) is 0 Å². The standard InChI is InChI=1S/C17H14F2O3S/c18-12-3-4-13(19)17(9-12)23-10-14(20)11-2-5-15-16(8-11)22-7-1-6-21-15/h2-5,8-9H,1,6-7,10H2. The fraction of sp³-hybridized carbons (Fsp3) is 0.235. The second-order valence-corrected chi connectivity index (χ2v) is 6.02. The van der Waals surface area contributed by atoms with E-state index in [1.807, 2.05) is 0 Å². The van der Waals surface area contributed by atoms with Crippen LogP contribution < -0.4 is 9.47 Å². The van der Waals surface area contributed by atoms with E-state index in [2.05, 4.69) is 0 Å². The van der Waals surface area contributed by atoms with Crippen LogP contribution in [0.25, 0.3) is 0 Å². The van der Waals surface area contributed by atoms with E-state index in [4.69, 9.17) is 9.47 Å². The SMILES string of the molecule is O=C(CSc1cc(F)ccc1F)c1ccc2c(c1)OCCCO2. The predicted octanol–water partition coefficient (Wildman–Crippen LogP) is 4.10. The summed E-state index contributed by atoms with van der Waals surface area (Å²) in [6.07, 6.45) is 0.784. The highest BCUT2D eigenvalue weighted by molar-refractivity contribution is 8.00. The number of Topliss-reactive ketones (excluding diaryl/α,β-unsaturated/α-hetero) is 1. The Morgan fingerprint density at radius 3 is 2.65 bits per heavy atom. The topological polar surface area (TPSA) is 35.5 Å². The number of fused-ring (bicyclic) bond motifs is 1. The van der Waals surface area contributed by atoms with Crippen molar-refractivity contribution in [1.29, 1.82) is 0 Å². The molecular formula is C17H14F2O3S. The Morgan fingerprint density at radius 1 is 1.04 bits per heavy atom. The molecule has 0 saturated carbocycles. The molecule has 0 unspecified atom stereocenters. The van der Waals surface area contributed by atoms with E-state index in [0.29, 0.717) is 30.3 Å². The number of carbonyl (C=O) groups is 1. The molecule has 0 bridgehead atoms. The Bertz CT molecular complexity index is 734.